The zero-order valence-corrected chi connectivity index (χ0v) is 23.4. The van der Waals surface area contributed by atoms with Crippen LogP contribution in [-0.2, 0) is 13.9 Å². The van der Waals surface area contributed by atoms with Crippen molar-refractivity contribution in [3.05, 3.63) is 78.4 Å². The number of benzene rings is 3. The Bertz CT molecular complexity index is 1200. The lowest BCUT2D eigenvalue weighted by atomic mass is 10.0. The molecule has 3 aromatic carbocycles. The van der Waals surface area contributed by atoms with E-state index in [2.05, 4.69) is 0 Å². The van der Waals surface area contributed by atoms with Gasteiger partial charge < -0.3 is 31.1 Å². The molecule has 0 aliphatic rings. The lowest BCUT2D eigenvalue weighted by Crippen LogP contribution is -2.45. The van der Waals surface area contributed by atoms with E-state index in [-0.39, 0.29) is 17.3 Å². The summed E-state index contributed by atoms with van der Waals surface area (Å²) in [6.45, 7) is 0.876. The number of carboxylic acids is 1. The molecule has 0 bridgehead atoms. The Kier molecular flexibility index (Phi) is 13.0. The molecule has 10 nitrogen and oxygen atoms in total. The second-order valence-corrected chi connectivity index (χ2v) is 11.0. The van der Waals surface area contributed by atoms with Crippen molar-refractivity contribution in [3.63, 3.8) is 0 Å². The molecule has 6 N–H and O–H groups in total. The number of nitrogens with two attached hydrogens (primary N) is 2. The normalized spacial score (nSPS) is 14.5. The molecule has 3 rings (SSSR count). The smallest absolute Gasteiger partial charge is 0.320 e. The highest BCUT2D eigenvalue weighted by molar-refractivity contribution is 7.44. The number of quaternary nitrogens is 1. The van der Waals surface area contributed by atoms with Crippen molar-refractivity contribution in [1.82, 2.24) is 0 Å². The molecule has 3 aromatic rings. The number of nitrogens with zero attached hydrogens (tertiary/aromatic N) is 1. The summed E-state index contributed by atoms with van der Waals surface area (Å²) in [5.41, 5.74) is 11.5. The lowest BCUT2D eigenvalue weighted by Gasteiger charge is -2.38. The zero-order chi connectivity index (χ0) is 28.9. The maximum atomic E-state index is 11.1. The summed E-state index contributed by atoms with van der Waals surface area (Å²) in [5, 5.41) is 10.5. The van der Waals surface area contributed by atoms with Gasteiger partial charge in [0.2, 0.25) is 0 Å². The molecule has 3 atom stereocenters. The van der Waals surface area contributed by atoms with Gasteiger partial charge in [0.1, 0.15) is 17.8 Å². The summed E-state index contributed by atoms with van der Waals surface area (Å²) < 4.78 is 22.1. The summed E-state index contributed by atoms with van der Waals surface area (Å²) in [6, 6.07) is 23.0. The molecule has 0 saturated carbocycles. The first-order valence-electron chi connectivity index (χ1n) is 12.8. The SMILES string of the molecule is C[N+](C)(COP(=O)([O-])O)[C@@H](CCOc1cccc2ccccc12)c1ccccc1.NCCCC[C@H](N)C(=O)O. The van der Waals surface area contributed by atoms with Gasteiger partial charge in [0, 0.05) is 17.4 Å². The molecule has 0 aliphatic heterocycles. The van der Waals surface area contributed by atoms with Gasteiger partial charge in [-0.15, -0.1) is 0 Å². The van der Waals surface area contributed by atoms with Crippen LogP contribution < -0.4 is 21.1 Å². The van der Waals surface area contributed by atoms with E-state index in [1.54, 1.807) is 0 Å². The number of carbonyl (C=O) groups is 1. The quantitative estimate of drug-likeness (QED) is 0.0998. The van der Waals surface area contributed by atoms with Gasteiger partial charge in [0.05, 0.1) is 20.7 Å². The van der Waals surface area contributed by atoms with Gasteiger partial charge in [-0.3, -0.25) is 18.4 Å². The average Bonchev–Trinajstić information content (AvgIpc) is 2.90. The first-order valence-corrected chi connectivity index (χ1v) is 14.3. The van der Waals surface area contributed by atoms with Gasteiger partial charge in [-0.05, 0) is 30.8 Å². The van der Waals surface area contributed by atoms with E-state index in [1.165, 1.54) is 0 Å². The largest absolute Gasteiger partial charge is 0.756 e. The number of unbranched alkanes of at least 4 members (excludes halogenated alkanes) is 1. The standard InChI is InChI=1S/C22H26NO5P.C6H14N2O2/c1-23(2,17-28-29(24,25)26)21(19-10-4-3-5-11-19)15-16-27-22-14-8-12-18-9-6-7-13-20(18)22;7-4-2-1-3-5(8)6(9)10/h3-14,21H,15-17H2,1-2H3,(H-,24,25,26);5H,1-4,7-8H2,(H,9,10)/t21-;5-/m00/s1. The summed E-state index contributed by atoms with van der Waals surface area (Å²) >= 11 is 0. The number of ether oxygens (including phenoxy) is 1. The highest BCUT2D eigenvalue weighted by atomic mass is 31.2. The van der Waals surface area contributed by atoms with Gasteiger partial charge >= 0.3 is 5.97 Å². The molecule has 0 spiro atoms. The Morgan fingerprint density at radius 1 is 1.00 bits per heavy atom. The van der Waals surface area contributed by atoms with E-state index in [0.29, 0.717) is 26.0 Å². The van der Waals surface area contributed by atoms with E-state index in [0.717, 1.165) is 34.9 Å². The topological polar surface area (TPSA) is 168 Å². The first kappa shape index (κ1) is 32.4. The molecule has 214 valence electrons. The monoisotopic (exact) mass is 561 g/mol. The van der Waals surface area contributed by atoms with Crippen molar-refractivity contribution in [3.8, 4) is 5.75 Å². The zero-order valence-electron chi connectivity index (χ0n) is 22.5. The molecular weight excluding hydrogens is 521 g/mol. The van der Waals surface area contributed by atoms with E-state index < -0.39 is 19.8 Å². The summed E-state index contributed by atoms with van der Waals surface area (Å²) in [5.74, 6) is -0.118. The van der Waals surface area contributed by atoms with Gasteiger partial charge in [-0.25, -0.2) is 0 Å². The van der Waals surface area contributed by atoms with Crippen LogP contribution in [0.3, 0.4) is 0 Å². The summed E-state index contributed by atoms with van der Waals surface area (Å²) in [4.78, 5) is 30.2. The maximum Gasteiger partial charge on any atom is 0.320 e. The Hall–Kier alpha value is -2.82. The van der Waals surface area contributed by atoms with Crippen LogP contribution in [0.1, 0.15) is 37.3 Å². The molecule has 0 amide bonds. The minimum atomic E-state index is -4.79. The number of aliphatic carboxylic acids is 1. The fraction of sp³-hybridized carbons (Fsp3) is 0.393. The molecule has 0 radical (unpaired) electrons. The van der Waals surface area contributed by atoms with E-state index in [1.807, 2.05) is 86.9 Å². The maximum absolute atomic E-state index is 11.1. The van der Waals surface area contributed by atoms with Crippen molar-refractivity contribution in [2.45, 2.75) is 37.8 Å². The average molecular weight is 562 g/mol. The molecular formula is C28H40N3O7P. The van der Waals surface area contributed by atoms with Gasteiger partial charge in [0.15, 0.2) is 6.73 Å². The van der Waals surface area contributed by atoms with Crippen molar-refractivity contribution < 1.29 is 38.0 Å². The van der Waals surface area contributed by atoms with Crippen LogP contribution in [0.2, 0.25) is 0 Å². The van der Waals surface area contributed by atoms with Crippen LogP contribution >= 0.6 is 7.82 Å². The van der Waals surface area contributed by atoms with E-state index >= 15 is 0 Å². The first-order chi connectivity index (χ1) is 18.4. The minimum absolute atomic E-state index is 0.0854. The van der Waals surface area contributed by atoms with E-state index in [4.69, 9.17) is 30.7 Å². The number of phosphoric acid groups is 1. The second kappa shape index (κ2) is 15.7. The third-order valence-electron chi connectivity index (χ3n) is 6.27. The van der Waals surface area contributed by atoms with Crippen molar-refractivity contribution in [2.75, 3.05) is 34.0 Å². The third kappa shape index (κ3) is 11.4. The summed E-state index contributed by atoms with van der Waals surface area (Å²) in [7, 11) is -1.06. The molecule has 0 fully saturated rings. The second-order valence-electron chi connectivity index (χ2n) is 9.78. The highest BCUT2D eigenvalue weighted by Crippen LogP contribution is 2.35. The Morgan fingerprint density at radius 3 is 2.28 bits per heavy atom. The Labute approximate surface area is 230 Å². The van der Waals surface area contributed by atoms with Gasteiger partial charge in [0.25, 0.3) is 7.82 Å². The Balaban J connectivity index is 0.000000455. The number of fused-ring (bicyclic) bond motifs is 1. The highest BCUT2D eigenvalue weighted by Gasteiger charge is 2.31. The number of rotatable bonds is 14. The molecule has 11 heteroatoms. The lowest BCUT2D eigenvalue weighted by molar-refractivity contribution is -0.936. The van der Waals surface area contributed by atoms with Crippen molar-refractivity contribution >= 4 is 24.6 Å². The predicted octanol–water partition coefficient (Wildman–Crippen LogP) is 3.39. The minimum Gasteiger partial charge on any atom is -0.756 e. The summed E-state index contributed by atoms with van der Waals surface area (Å²) in [6.07, 6.45) is 2.80. The van der Waals surface area contributed by atoms with Crippen molar-refractivity contribution in [1.29, 1.82) is 0 Å². The van der Waals surface area contributed by atoms with Crippen LogP contribution in [0.15, 0.2) is 72.8 Å². The van der Waals surface area contributed by atoms with Crippen LogP contribution in [-0.4, -0.2) is 60.5 Å². The van der Waals surface area contributed by atoms with Gasteiger partial charge in [-0.1, -0.05) is 73.2 Å². The molecule has 0 aliphatic carbocycles. The van der Waals surface area contributed by atoms with Crippen LogP contribution in [0.25, 0.3) is 10.8 Å². The molecule has 1 unspecified atom stereocenters. The van der Waals surface area contributed by atoms with Crippen LogP contribution in [0.5, 0.6) is 5.75 Å². The fourth-order valence-electron chi connectivity index (χ4n) is 4.14. The van der Waals surface area contributed by atoms with Crippen LogP contribution in [0.4, 0.5) is 0 Å². The molecule has 0 heterocycles. The van der Waals surface area contributed by atoms with E-state index in [9.17, 15) is 14.3 Å². The molecule has 0 saturated heterocycles. The third-order valence-corrected chi connectivity index (χ3v) is 6.71. The predicted molar refractivity (Wildman–Crippen MR) is 150 cm³/mol. The fourth-order valence-corrected chi connectivity index (χ4v) is 4.58. The number of phosphoric ester groups is 1. The molecule has 39 heavy (non-hydrogen) atoms. The number of carboxylic acid groups (broad SMARTS) is 1. The van der Waals surface area contributed by atoms with Crippen molar-refractivity contribution in [2.24, 2.45) is 11.5 Å². The van der Waals surface area contributed by atoms with Gasteiger partial charge in [-0.2, -0.15) is 0 Å². The molecule has 0 aromatic heterocycles. The Morgan fingerprint density at radius 2 is 1.64 bits per heavy atom. The number of hydrogen-bond acceptors (Lipinski definition) is 7. The van der Waals surface area contributed by atoms with Crippen LogP contribution in [0, 0.1) is 0 Å². The number of hydrogen-bond donors (Lipinski definition) is 4.